The minimum absolute atomic E-state index is 0.661. The van der Waals surface area contributed by atoms with Crippen LogP contribution in [0.1, 0.15) is 41.8 Å². The van der Waals surface area contributed by atoms with Crippen molar-refractivity contribution in [3.8, 4) is 22.4 Å². The van der Waals surface area contributed by atoms with Crippen molar-refractivity contribution in [2.45, 2.75) is 40.5 Å². The van der Waals surface area contributed by atoms with E-state index in [1.165, 1.54) is 49.7 Å². The fourth-order valence-corrected chi connectivity index (χ4v) is 4.83. The molecule has 1 heterocycles. The number of hydrogen-bond donors (Lipinski definition) is 0. The van der Waals surface area contributed by atoms with Crippen molar-refractivity contribution in [2.75, 3.05) is 0 Å². The quantitative estimate of drug-likeness (QED) is 0.322. The second-order valence-electron chi connectivity index (χ2n) is 8.94. The third-order valence-corrected chi connectivity index (χ3v) is 5.99. The van der Waals surface area contributed by atoms with Crippen molar-refractivity contribution in [1.82, 2.24) is 4.98 Å². The van der Waals surface area contributed by atoms with E-state index >= 15 is 0 Å². The number of aromatic nitrogens is 1. The smallest absolute Gasteiger partial charge is 0.0786 e. The second-order valence-corrected chi connectivity index (χ2v) is 8.94. The fourth-order valence-electron chi connectivity index (χ4n) is 4.83. The number of rotatable bonds is 3. The van der Waals surface area contributed by atoms with E-state index in [1.807, 2.05) is 0 Å². The van der Waals surface area contributed by atoms with Gasteiger partial charge < -0.3 is 0 Å². The summed E-state index contributed by atoms with van der Waals surface area (Å²) in [6, 6.07) is 22.6. The van der Waals surface area contributed by atoms with Crippen LogP contribution in [0.15, 0.2) is 60.7 Å². The van der Waals surface area contributed by atoms with E-state index in [0.717, 1.165) is 24.2 Å². The van der Waals surface area contributed by atoms with Crippen LogP contribution in [0.4, 0.5) is 0 Å². The average molecular weight is 378 g/mol. The highest BCUT2D eigenvalue weighted by Gasteiger charge is 2.23. The molecule has 0 saturated heterocycles. The molecule has 1 aromatic heterocycles. The Hall–Kier alpha value is -2.93. The monoisotopic (exact) mass is 377 g/mol. The van der Waals surface area contributed by atoms with E-state index in [1.54, 1.807) is 0 Å². The first-order chi connectivity index (χ1) is 14.0. The van der Waals surface area contributed by atoms with Gasteiger partial charge in [0.15, 0.2) is 0 Å². The van der Waals surface area contributed by atoms with Crippen LogP contribution < -0.4 is 0 Å². The van der Waals surface area contributed by atoms with Gasteiger partial charge in [-0.25, -0.2) is 0 Å². The Kier molecular flexibility index (Phi) is 4.28. The molecule has 144 valence electrons. The summed E-state index contributed by atoms with van der Waals surface area (Å²) in [7, 11) is 0. The maximum Gasteiger partial charge on any atom is 0.0786 e. The normalized spacial score (nSPS) is 12.4. The lowest BCUT2D eigenvalue weighted by atomic mass is 9.92. The van der Waals surface area contributed by atoms with Crippen LogP contribution in [0.3, 0.4) is 0 Å². The summed E-state index contributed by atoms with van der Waals surface area (Å²) in [4.78, 5) is 5.04. The van der Waals surface area contributed by atoms with Gasteiger partial charge in [0.1, 0.15) is 0 Å². The molecule has 0 saturated carbocycles. The summed E-state index contributed by atoms with van der Waals surface area (Å²) in [5, 5.41) is 2.56. The van der Waals surface area contributed by atoms with Gasteiger partial charge in [-0.2, -0.15) is 0 Å². The molecule has 1 heteroatoms. The molecular formula is C28H27N. The average Bonchev–Trinajstić information content (AvgIpc) is 3.04. The highest BCUT2D eigenvalue weighted by atomic mass is 14.7. The molecular weight excluding hydrogens is 350 g/mol. The third-order valence-electron chi connectivity index (χ3n) is 5.99. The first-order valence-corrected chi connectivity index (χ1v) is 10.6. The third kappa shape index (κ3) is 3.15. The van der Waals surface area contributed by atoms with Crippen molar-refractivity contribution in [3.63, 3.8) is 0 Å². The summed E-state index contributed by atoms with van der Waals surface area (Å²) >= 11 is 0. The van der Waals surface area contributed by atoms with Crippen molar-refractivity contribution in [1.29, 1.82) is 0 Å². The zero-order valence-electron chi connectivity index (χ0n) is 17.7. The molecule has 0 amide bonds. The van der Waals surface area contributed by atoms with Crippen LogP contribution >= 0.6 is 0 Å². The Morgan fingerprint density at radius 1 is 0.862 bits per heavy atom. The lowest BCUT2D eigenvalue weighted by Gasteiger charge is -2.15. The summed E-state index contributed by atoms with van der Waals surface area (Å²) < 4.78 is 0. The van der Waals surface area contributed by atoms with Crippen molar-refractivity contribution >= 4 is 10.8 Å². The molecule has 0 spiro atoms. The molecule has 1 nitrogen and oxygen atoms in total. The zero-order chi connectivity index (χ0) is 20.1. The van der Waals surface area contributed by atoms with Crippen LogP contribution in [0.25, 0.3) is 33.2 Å². The van der Waals surface area contributed by atoms with Gasteiger partial charge in [-0.05, 0) is 83.5 Å². The Morgan fingerprint density at radius 2 is 1.66 bits per heavy atom. The molecule has 0 radical (unpaired) electrons. The summed E-state index contributed by atoms with van der Waals surface area (Å²) in [5.74, 6) is 0.661. The fraction of sp³-hybridized carbons (Fsp3) is 0.250. The van der Waals surface area contributed by atoms with Crippen molar-refractivity contribution in [3.05, 3.63) is 88.6 Å². The SMILES string of the molecule is Cc1cc2c(c(-c3nc(C)cc4cc(CC(C)C)ccc34)c1)Cc1ccccc1-2. The lowest BCUT2D eigenvalue weighted by Crippen LogP contribution is -1.97. The molecule has 4 aromatic rings. The largest absolute Gasteiger partial charge is 0.252 e. The molecule has 0 unspecified atom stereocenters. The summed E-state index contributed by atoms with van der Waals surface area (Å²) in [5.41, 5.74) is 11.8. The van der Waals surface area contributed by atoms with Gasteiger partial charge in [-0.3, -0.25) is 4.98 Å². The predicted molar refractivity (Wildman–Crippen MR) is 123 cm³/mol. The maximum absolute atomic E-state index is 5.04. The van der Waals surface area contributed by atoms with Gasteiger partial charge in [0.05, 0.1) is 5.69 Å². The number of fused-ring (bicyclic) bond motifs is 4. The van der Waals surface area contributed by atoms with Gasteiger partial charge >= 0.3 is 0 Å². The molecule has 0 fully saturated rings. The Morgan fingerprint density at radius 3 is 2.48 bits per heavy atom. The molecule has 1 aliphatic carbocycles. The highest BCUT2D eigenvalue weighted by Crippen LogP contribution is 2.43. The number of pyridine rings is 1. The van der Waals surface area contributed by atoms with Gasteiger partial charge in [-0.15, -0.1) is 0 Å². The van der Waals surface area contributed by atoms with E-state index in [4.69, 9.17) is 4.98 Å². The Bertz CT molecular complexity index is 1250. The zero-order valence-corrected chi connectivity index (χ0v) is 17.7. The molecule has 0 N–H and O–H groups in total. The summed E-state index contributed by atoms with van der Waals surface area (Å²) in [6.45, 7) is 8.87. The number of benzene rings is 3. The molecule has 0 bridgehead atoms. The van der Waals surface area contributed by atoms with Gasteiger partial charge in [0.2, 0.25) is 0 Å². The summed E-state index contributed by atoms with van der Waals surface area (Å²) in [6.07, 6.45) is 2.10. The first-order valence-electron chi connectivity index (χ1n) is 10.6. The Balaban J connectivity index is 1.74. The molecule has 5 rings (SSSR count). The van der Waals surface area contributed by atoms with Crippen LogP contribution in [0.5, 0.6) is 0 Å². The molecule has 29 heavy (non-hydrogen) atoms. The predicted octanol–water partition coefficient (Wildman–Crippen LogP) is 7.29. The minimum Gasteiger partial charge on any atom is -0.252 e. The van der Waals surface area contributed by atoms with Crippen LogP contribution in [0, 0.1) is 19.8 Å². The van der Waals surface area contributed by atoms with E-state index in [0.29, 0.717) is 5.92 Å². The molecule has 0 atom stereocenters. The van der Waals surface area contributed by atoms with Crippen LogP contribution in [0.2, 0.25) is 0 Å². The topological polar surface area (TPSA) is 12.9 Å². The van der Waals surface area contributed by atoms with Crippen molar-refractivity contribution < 1.29 is 0 Å². The standard InChI is InChI=1S/C28H27N/c1-17(2)11-20-9-10-24-22(15-20)14-19(4)29-28(24)27-13-18(3)12-25-23-8-6-5-7-21(23)16-26(25)27/h5-10,12-15,17H,11,16H2,1-4H3. The molecule has 1 aliphatic rings. The molecule has 3 aromatic carbocycles. The van der Waals surface area contributed by atoms with Crippen LogP contribution in [-0.4, -0.2) is 4.98 Å². The van der Waals surface area contributed by atoms with E-state index in [9.17, 15) is 0 Å². The lowest BCUT2D eigenvalue weighted by molar-refractivity contribution is 0.648. The second kappa shape index (κ2) is 6.84. The molecule has 0 aliphatic heterocycles. The van der Waals surface area contributed by atoms with E-state index < -0.39 is 0 Å². The van der Waals surface area contributed by atoms with E-state index in [2.05, 4.69) is 88.4 Å². The van der Waals surface area contributed by atoms with Crippen LogP contribution in [-0.2, 0) is 12.8 Å². The highest BCUT2D eigenvalue weighted by molar-refractivity contribution is 5.98. The number of nitrogens with zero attached hydrogens (tertiary/aromatic N) is 1. The number of aryl methyl sites for hydroxylation is 2. The number of hydrogen-bond acceptors (Lipinski definition) is 1. The first kappa shape index (κ1) is 18.1. The van der Waals surface area contributed by atoms with Gasteiger partial charge in [-0.1, -0.05) is 62.4 Å². The van der Waals surface area contributed by atoms with Gasteiger partial charge in [0, 0.05) is 16.6 Å². The maximum atomic E-state index is 5.04. The minimum atomic E-state index is 0.661. The van der Waals surface area contributed by atoms with Gasteiger partial charge in [0.25, 0.3) is 0 Å². The Labute approximate surface area is 173 Å². The van der Waals surface area contributed by atoms with E-state index in [-0.39, 0.29) is 0 Å². The van der Waals surface area contributed by atoms with Crippen molar-refractivity contribution in [2.24, 2.45) is 5.92 Å².